The first-order valence-corrected chi connectivity index (χ1v) is 9.29. The predicted octanol–water partition coefficient (Wildman–Crippen LogP) is 1.81. The van der Waals surface area contributed by atoms with Crippen LogP contribution < -0.4 is 4.72 Å². The second-order valence-corrected chi connectivity index (χ2v) is 8.22. The molecule has 1 N–H and O–H groups in total. The number of hydrogen-bond donors (Lipinski definition) is 1. The summed E-state index contributed by atoms with van der Waals surface area (Å²) in [6.07, 6.45) is 3.14. The smallest absolute Gasteiger partial charge is 0.270 e. The van der Waals surface area contributed by atoms with Crippen molar-refractivity contribution in [3.8, 4) is 0 Å². The van der Waals surface area contributed by atoms with Crippen molar-refractivity contribution in [3.05, 3.63) is 33.9 Å². The van der Waals surface area contributed by atoms with Crippen molar-refractivity contribution >= 4 is 15.7 Å². The van der Waals surface area contributed by atoms with Gasteiger partial charge in [-0.15, -0.1) is 0 Å². The van der Waals surface area contributed by atoms with E-state index >= 15 is 0 Å². The van der Waals surface area contributed by atoms with E-state index in [1.54, 1.807) is 6.92 Å². The highest BCUT2D eigenvalue weighted by Crippen LogP contribution is 2.33. The Morgan fingerprint density at radius 1 is 1.35 bits per heavy atom. The number of nitro groups is 1. The fourth-order valence-corrected chi connectivity index (χ4v) is 4.84. The highest BCUT2D eigenvalue weighted by atomic mass is 32.2. The lowest BCUT2D eigenvalue weighted by molar-refractivity contribution is -0.385. The predicted molar refractivity (Wildman–Crippen MR) is 85.7 cm³/mol. The molecule has 0 aromatic heterocycles. The number of benzene rings is 1. The molecule has 1 heterocycles. The third-order valence-electron chi connectivity index (χ3n) is 4.63. The molecule has 2 atom stereocenters. The Morgan fingerprint density at radius 2 is 2.04 bits per heavy atom. The number of aryl methyl sites for hydroxylation is 1. The van der Waals surface area contributed by atoms with Gasteiger partial charge in [0.2, 0.25) is 10.0 Å². The molecule has 2 fully saturated rings. The largest absolute Gasteiger partial charge is 0.296 e. The fraction of sp³-hybridized carbons (Fsp3) is 0.600. The minimum Gasteiger partial charge on any atom is -0.296 e. The summed E-state index contributed by atoms with van der Waals surface area (Å²) in [6, 6.07) is 4.74. The molecule has 7 nitrogen and oxygen atoms in total. The van der Waals surface area contributed by atoms with Gasteiger partial charge in [-0.3, -0.25) is 15.0 Å². The van der Waals surface area contributed by atoms with E-state index in [9.17, 15) is 18.5 Å². The van der Waals surface area contributed by atoms with E-state index in [0.717, 1.165) is 12.5 Å². The Balaban J connectivity index is 1.79. The van der Waals surface area contributed by atoms with Crippen LogP contribution in [0.3, 0.4) is 0 Å². The minimum absolute atomic E-state index is 0.00998. The summed E-state index contributed by atoms with van der Waals surface area (Å²) in [7, 11) is -3.76. The Hall–Kier alpha value is -1.51. The van der Waals surface area contributed by atoms with Crippen molar-refractivity contribution in [2.24, 2.45) is 0 Å². The summed E-state index contributed by atoms with van der Waals surface area (Å²) in [5, 5.41) is 10.9. The molecule has 1 aromatic carbocycles. The Morgan fingerprint density at radius 3 is 2.65 bits per heavy atom. The van der Waals surface area contributed by atoms with Gasteiger partial charge in [-0.05, 0) is 38.7 Å². The molecule has 0 spiro atoms. The molecule has 8 heteroatoms. The lowest BCUT2D eigenvalue weighted by atomic mass is 10.2. The van der Waals surface area contributed by atoms with Gasteiger partial charge in [-0.1, -0.05) is 6.07 Å². The third-order valence-corrected chi connectivity index (χ3v) is 6.30. The molecule has 1 saturated carbocycles. The zero-order valence-electron chi connectivity index (χ0n) is 13.2. The maximum atomic E-state index is 12.6. The quantitative estimate of drug-likeness (QED) is 0.652. The first-order valence-electron chi connectivity index (χ1n) is 7.81. The molecule has 1 aliphatic carbocycles. The average Bonchev–Trinajstić information content (AvgIpc) is 3.23. The van der Waals surface area contributed by atoms with Gasteiger partial charge in [0.25, 0.3) is 5.69 Å². The standard InChI is InChI=1S/C15H21N3O4S/c1-10-3-4-14(18(19)20)8-15(10)23(21,22)16-12-7-11(2)17(9-12)13-5-6-13/h3-4,8,11-13,16H,5-7,9H2,1-2H3/t11-,12+/m1/s1. The van der Waals surface area contributed by atoms with Crippen LogP contribution in [0.15, 0.2) is 23.1 Å². The van der Waals surface area contributed by atoms with E-state index in [1.807, 2.05) is 0 Å². The lowest BCUT2D eigenvalue weighted by Gasteiger charge is -2.19. The van der Waals surface area contributed by atoms with Crippen LogP contribution in [0.1, 0.15) is 31.7 Å². The van der Waals surface area contributed by atoms with Crippen LogP contribution in [-0.2, 0) is 10.0 Å². The van der Waals surface area contributed by atoms with Gasteiger partial charge < -0.3 is 0 Å². The first-order chi connectivity index (χ1) is 10.8. The van der Waals surface area contributed by atoms with Gasteiger partial charge in [0, 0.05) is 36.8 Å². The Labute approximate surface area is 135 Å². The van der Waals surface area contributed by atoms with Gasteiger partial charge in [-0.25, -0.2) is 13.1 Å². The molecular formula is C15H21N3O4S. The number of rotatable bonds is 5. The first kappa shape index (κ1) is 16.4. The minimum atomic E-state index is -3.76. The Kier molecular flexibility index (Phi) is 4.16. The van der Waals surface area contributed by atoms with Crippen LogP contribution in [-0.4, -0.2) is 42.9 Å². The van der Waals surface area contributed by atoms with E-state index in [4.69, 9.17) is 0 Å². The van der Waals surface area contributed by atoms with Crippen LogP contribution in [0.4, 0.5) is 5.69 Å². The van der Waals surface area contributed by atoms with Gasteiger partial charge in [0.05, 0.1) is 9.82 Å². The van der Waals surface area contributed by atoms with Gasteiger partial charge >= 0.3 is 0 Å². The van der Waals surface area contributed by atoms with Crippen molar-refractivity contribution in [1.82, 2.24) is 9.62 Å². The van der Waals surface area contributed by atoms with Gasteiger partial charge in [-0.2, -0.15) is 0 Å². The molecular weight excluding hydrogens is 318 g/mol. The van der Waals surface area contributed by atoms with Crippen LogP contribution in [0.2, 0.25) is 0 Å². The second-order valence-electron chi connectivity index (χ2n) is 6.54. The summed E-state index contributed by atoms with van der Waals surface area (Å²) in [5.74, 6) is 0. The van der Waals surface area contributed by atoms with Gasteiger partial charge in [0.1, 0.15) is 0 Å². The molecule has 23 heavy (non-hydrogen) atoms. The second kappa shape index (κ2) is 5.85. The zero-order valence-corrected chi connectivity index (χ0v) is 14.0. The molecule has 0 radical (unpaired) electrons. The molecule has 0 bridgehead atoms. The van der Waals surface area contributed by atoms with E-state index < -0.39 is 14.9 Å². The maximum absolute atomic E-state index is 12.6. The number of nitro benzene ring substituents is 1. The highest BCUT2D eigenvalue weighted by Gasteiger charge is 2.40. The van der Waals surface area contributed by atoms with E-state index in [0.29, 0.717) is 24.2 Å². The Bertz CT molecular complexity index is 730. The highest BCUT2D eigenvalue weighted by molar-refractivity contribution is 7.89. The number of nitrogens with zero attached hydrogens (tertiary/aromatic N) is 2. The third kappa shape index (κ3) is 3.39. The average molecular weight is 339 g/mol. The van der Waals surface area contributed by atoms with Crippen LogP contribution >= 0.6 is 0 Å². The molecule has 0 unspecified atom stereocenters. The van der Waals surface area contributed by atoms with E-state index in [1.165, 1.54) is 25.0 Å². The number of likely N-dealkylation sites (tertiary alicyclic amines) is 1. The SMILES string of the molecule is Cc1ccc([N+](=O)[O-])cc1S(=O)(=O)N[C@H]1C[C@@H](C)N(C2CC2)C1. The molecule has 126 valence electrons. The summed E-state index contributed by atoms with van der Waals surface area (Å²) < 4.78 is 28.0. The van der Waals surface area contributed by atoms with Gasteiger partial charge in [0.15, 0.2) is 0 Å². The maximum Gasteiger partial charge on any atom is 0.270 e. The summed E-state index contributed by atoms with van der Waals surface area (Å²) in [4.78, 5) is 12.7. The van der Waals surface area contributed by atoms with E-state index in [-0.39, 0.29) is 16.6 Å². The molecule has 1 saturated heterocycles. The van der Waals surface area contributed by atoms with Crippen molar-refractivity contribution in [1.29, 1.82) is 0 Å². The molecule has 1 aromatic rings. The molecule has 3 rings (SSSR count). The number of hydrogen-bond acceptors (Lipinski definition) is 5. The number of nitrogens with one attached hydrogen (secondary N) is 1. The van der Waals surface area contributed by atoms with Crippen LogP contribution in [0.5, 0.6) is 0 Å². The monoisotopic (exact) mass is 339 g/mol. The fourth-order valence-electron chi connectivity index (χ4n) is 3.33. The molecule has 1 aliphatic heterocycles. The number of non-ortho nitro benzene ring substituents is 1. The van der Waals surface area contributed by atoms with Crippen molar-refractivity contribution < 1.29 is 13.3 Å². The summed E-state index contributed by atoms with van der Waals surface area (Å²) >= 11 is 0. The topological polar surface area (TPSA) is 92.5 Å². The zero-order chi connectivity index (χ0) is 16.8. The van der Waals surface area contributed by atoms with Crippen LogP contribution in [0.25, 0.3) is 0 Å². The van der Waals surface area contributed by atoms with Crippen molar-refractivity contribution in [2.45, 2.75) is 56.1 Å². The summed E-state index contributed by atoms with van der Waals surface area (Å²) in [6.45, 7) is 4.47. The van der Waals surface area contributed by atoms with Crippen molar-refractivity contribution in [2.75, 3.05) is 6.54 Å². The molecule has 2 aliphatic rings. The van der Waals surface area contributed by atoms with E-state index in [2.05, 4.69) is 16.5 Å². The van der Waals surface area contributed by atoms with Crippen molar-refractivity contribution in [3.63, 3.8) is 0 Å². The summed E-state index contributed by atoms with van der Waals surface area (Å²) in [5.41, 5.74) is 0.295. The number of sulfonamides is 1. The normalized spacial score (nSPS) is 25.7. The van der Waals surface area contributed by atoms with Crippen LogP contribution in [0, 0.1) is 17.0 Å². The lowest BCUT2D eigenvalue weighted by Crippen LogP contribution is -2.37. The molecule has 0 amide bonds.